The fourth-order valence-electron chi connectivity index (χ4n) is 3.17. The van der Waals surface area contributed by atoms with Crippen LogP contribution in [0, 0.1) is 11.6 Å². The van der Waals surface area contributed by atoms with Crippen molar-refractivity contribution >= 4 is 17.6 Å². The zero-order chi connectivity index (χ0) is 20.9. The summed E-state index contributed by atoms with van der Waals surface area (Å²) in [6.45, 7) is 6.48. The van der Waals surface area contributed by atoms with E-state index in [1.54, 1.807) is 12.1 Å². The van der Waals surface area contributed by atoms with Gasteiger partial charge in [-0.3, -0.25) is 4.79 Å². The highest BCUT2D eigenvalue weighted by molar-refractivity contribution is 6.31. The third-order valence-electron chi connectivity index (χ3n) is 4.94. The molecule has 150 valence electrons. The van der Waals surface area contributed by atoms with E-state index in [1.165, 1.54) is 13.8 Å². The summed E-state index contributed by atoms with van der Waals surface area (Å²) in [5.41, 5.74) is -0.369. The summed E-state index contributed by atoms with van der Waals surface area (Å²) in [5.74, 6) is -3.02. The van der Waals surface area contributed by atoms with Crippen molar-refractivity contribution in [1.29, 1.82) is 0 Å². The van der Waals surface area contributed by atoms with Crippen LogP contribution in [0.15, 0.2) is 24.3 Å². The number of ether oxygens (including phenoxy) is 2. The minimum absolute atomic E-state index is 0.0103. The number of carboxylic acid groups (broad SMARTS) is 1. The van der Waals surface area contributed by atoms with Crippen LogP contribution in [0.25, 0.3) is 0 Å². The van der Waals surface area contributed by atoms with Crippen molar-refractivity contribution in [2.75, 3.05) is 0 Å². The Morgan fingerprint density at radius 2 is 1.89 bits per heavy atom. The first kappa shape index (κ1) is 20.4. The highest BCUT2D eigenvalue weighted by Gasteiger charge is 2.34. The van der Waals surface area contributed by atoms with E-state index < -0.39 is 34.4 Å². The second-order valence-corrected chi connectivity index (χ2v) is 8.44. The van der Waals surface area contributed by atoms with Gasteiger partial charge in [-0.1, -0.05) is 11.6 Å². The second kappa shape index (κ2) is 6.92. The molecule has 0 aliphatic carbocycles. The van der Waals surface area contributed by atoms with Crippen molar-refractivity contribution in [3.8, 4) is 11.5 Å². The fourth-order valence-corrected chi connectivity index (χ4v) is 3.41. The first-order valence-electron chi connectivity index (χ1n) is 8.77. The molecule has 0 bridgehead atoms. The first-order chi connectivity index (χ1) is 12.9. The van der Waals surface area contributed by atoms with Crippen LogP contribution >= 0.6 is 11.6 Å². The van der Waals surface area contributed by atoms with Gasteiger partial charge in [0.25, 0.3) is 0 Å². The molecule has 0 unspecified atom stereocenters. The summed E-state index contributed by atoms with van der Waals surface area (Å²) in [5, 5.41) is 9.68. The average molecular weight is 411 g/mol. The van der Waals surface area contributed by atoms with Crippen molar-refractivity contribution < 1.29 is 28.2 Å². The fraction of sp³-hybridized carbons (Fsp3) is 0.381. The Bertz CT molecular complexity index is 931. The molecule has 2 aromatic rings. The topological polar surface area (TPSA) is 55.8 Å². The molecule has 0 saturated carbocycles. The van der Waals surface area contributed by atoms with E-state index in [0.717, 1.165) is 17.7 Å². The third kappa shape index (κ3) is 3.65. The molecule has 0 atom stereocenters. The number of rotatable bonds is 5. The normalized spacial score (nSPS) is 15.1. The molecule has 1 N–H and O–H groups in total. The van der Waals surface area contributed by atoms with Crippen molar-refractivity contribution in [3.05, 3.63) is 57.6 Å². The maximum atomic E-state index is 14.5. The van der Waals surface area contributed by atoms with Gasteiger partial charge in [0.1, 0.15) is 18.0 Å². The zero-order valence-corrected chi connectivity index (χ0v) is 16.8. The van der Waals surface area contributed by atoms with Gasteiger partial charge in [0.05, 0.1) is 5.41 Å². The molecule has 0 aromatic heterocycles. The predicted molar refractivity (Wildman–Crippen MR) is 101 cm³/mol. The smallest absolute Gasteiger partial charge is 0.313 e. The molecular formula is C21H21ClF2O4. The number of benzene rings is 2. The van der Waals surface area contributed by atoms with Crippen molar-refractivity contribution in [1.82, 2.24) is 0 Å². The number of carboxylic acids is 1. The number of hydrogen-bond donors (Lipinski definition) is 1. The van der Waals surface area contributed by atoms with Crippen LogP contribution in [-0.2, 0) is 23.2 Å². The zero-order valence-electron chi connectivity index (χ0n) is 16.0. The van der Waals surface area contributed by atoms with Gasteiger partial charge in [-0.2, -0.15) is 0 Å². The van der Waals surface area contributed by atoms with Gasteiger partial charge in [-0.25, -0.2) is 8.78 Å². The third-order valence-corrected chi connectivity index (χ3v) is 5.29. The number of aliphatic carboxylic acids is 1. The van der Waals surface area contributed by atoms with Gasteiger partial charge >= 0.3 is 5.97 Å². The van der Waals surface area contributed by atoms with Gasteiger partial charge in [0.15, 0.2) is 17.4 Å². The van der Waals surface area contributed by atoms with Gasteiger partial charge in [0, 0.05) is 22.6 Å². The lowest BCUT2D eigenvalue weighted by molar-refractivity contribution is -0.142. The highest BCUT2D eigenvalue weighted by atomic mass is 35.5. The van der Waals surface area contributed by atoms with Crippen molar-refractivity contribution in [2.24, 2.45) is 0 Å². The van der Waals surface area contributed by atoms with Gasteiger partial charge < -0.3 is 14.6 Å². The maximum Gasteiger partial charge on any atom is 0.313 e. The van der Waals surface area contributed by atoms with E-state index in [-0.39, 0.29) is 12.2 Å². The standard InChI is InChI=1S/C21H21ClF2O4/c1-20(2)9-12-13(14(22)5-6-17(12)28-20)10-27-18-15(23)7-11(8-16(18)24)21(3,4)19(25)26/h5-8H,9-10H2,1-4H3,(H,25,26). The molecule has 0 radical (unpaired) electrons. The molecule has 0 saturated heterocycles. The predicted octanol–water partition coefficient (Wildman–Crippen LogP) is 5.27. The summed E-state index contributed by atoms with van der Waals surface area (Å²) in [6.07, 6.45) is 0.596. The lowest BCUT2D eigenvalue weighted by atomic mass is 9.84. The molecule has 0 spiro atoms. The molecule has 7 heteroatoms. The van der Waals surface area contributed by atoms with Gasteiger partial charge in [-0.05, 0) is 57.5 Å². The Labute approximate surface area is 167 Å². The summed E-state index contributed by atoms with van der Waals surface area (Å²) in [4.78, 5) is 11.3. The average Bonchev–Trinajstić information content (AvgIpc) is 2.89. The Morgan fingerprint density at radius 1 is 1.29 bits per heavy atom. The summed E-state index contributed by atoms with van der Waals surface area (Å²) >= 11 is 6.28. The number of carbonyl (C=O) groups is 1. The molecule has 3 rings (SSSR count). The highest BCUT2D eigenvalue weighted by Crippen LogP contribution is 2.40. The second-order valence-electron chi connectivity index (χ2n) is 8.03. The van der Waals surface area contributed by atoms with Crippen LogP contribution in [0.4, 0.5) is 8.78 Å². The summed E-state index contributed by atoms with van der Waals surface area (Å²) in [6, 6.07) is 5.39. The van der Waals surface area contributed by atoms with E-state index in [9.17, 15) is 18.7 Å². The van der Waals surface area contributed by atoms with Crippen LogP contribution in [0.2, 0.25) is 5.02 Å². The quantitative estimate of drug-likeness (QED) is 0.729. The van der Waals surface area contributed by atoms with Gasteiger partial charge in [-0.15, -0.1) is 0 Å². The molecule has 4 nitrogen and oxygen atoms in total. The number of fused-ring (bicyclic) bond motifs is 1. The SMILES string of the molecule is CC1(C)Cc2c(ccc(Cl)c2COc2c(F)cc(C(C)(C)C(=O)O)cc2F)O1. The minimum atomic E-state index is -1.44. The largest absolute Gasteiger partial charge is 0.487 e. The van der Waals surface area contributed by atoms with Crippen LogP contribution in [0.5, 0.6) is 11.5 Å². The maximum absolute atomic E-state index is 14.5. The molecule has 1 aliphatic rings. The minimum Gasteiger partial charge on any atom is -0.487 e. The Balaban J connectivity index is 1.89. The molecular weight excluding hydrogens is 390 g/mol. The van der Waals surface area contributed by atoms with E-state index >= 15 is 0 Å². The molecule has 1 heterocycles. The van der Waals surface area contributed by atoms with Gasteiger partial charge in [0.2, 0.25) is 0 Å². The van der Waals surface area contributed by atoms with Crippen LogP contribution in [-0.4, -0.2) is 16.7 Å². The molecule has 1 aliphatic heterocycles. The lowest BCUT2D eigenvalue weighted by Gasteiger charge is -2.21. The van der Waals surface area contributed by atoms with Crippen LogP contribution < -0.4 is 9.47 Å². The Morgan fingerprint density at radius 3 is 2.46 bits per heavy atom. The summed E-state index contributed by atoms with van der Waals surface area (Å²) in [7, 11) is 0. The summed E-state index contributed by atoms with van der Waals surface area (Å²) < 4.78 is 40.2. The van der Waals surface area contributed by atoms with E-state index in [0.29, 0.717) is 22.8 Å². The number of hydrogen-bond acceptors (Lipinski definition) is 3. The monoisotopic (exact) mass is 410 g/mol. The van der Waals surface area contributed by atoms with E-state index in [4.69, 9.17) is 21.1 Å². The molecule has 2 aromatic carbocycles. The van der Waals surface area contributed by atoms with E-state index in [2.05, 4.69) is 0 Å². The van der Waals surface area contributed by atoms with Crippen LogP contribution in [0.1, 0.15) is 44.4 Å². The first-order valence-corrected chi connectivity index (χ1v) is 9.15. The molecule has 28 heavy (non-hydrogen) atoms. The van der Waals surface area contributed by atoms with Crippen LogP contribution in [0.3, 0.4) is 0 Å². The molecule has 0 amide bonds. The lowest BCUT2D eigenvalue weighted by Crippen LogP contribution is -2.28. The number of halogens is 3. The Kier molecular flexibility index (Phi) is 5.04. The van der Waals surface area contributed by atoms with Crippen molar-refractivity contribution in [3.63, 3.8) is 0 Å². The van der Waals surface area contributed by atoms with Crippen molar-refractivity contribution in [2.45, 2.75) is 51.7 Å². The Hall–Kier alpha value is -2.34. The van der Waals surface area contributed by atoms with E-state index in [1.807, 2.05) is 13.8 Å². The molecule has 0 fully saturated rings.